The second-order valence-corrected chi connectivity index (χ2v) is 5.87. The zero-order valence-electron chi connectivity index (χ0n) is 12.3. The van der Waals surface area contributed by atoms with E-state index in [0.29, 0.717) is 24.5 Å². The Labute approximate surface area is 119 Å². The van der Waals surface area contributed by atoms with Gasteiger partial charge in [-0.1, -0.05) is 0 Å². The highest BCUT2D eigenvalue weighted by Crippen LogP contribution is 2.26. The van der Waals surface area contributed by atoms with E-state index in [0.717, 1.165) is 18.8 Å². The Morgan fingerprint density at radius 2 is 1.95 bits per heavy atom. The Balaban J connectivity index is 2.14. The van der Waals surface area contributed by atoms with E-state index in [9.17, 15) is 4.79 Å². The molecular formula is C15H22N2O3. The number of hydrogen-bond donors (Lipinski definition) is 1. The van der Waals surface area contributed by atoms with Crippen molar-refractivity contribution in [2.75, 3.05) is 36.9 Å². The molecule has 0 aliphatic carbocycles. The molecule has 0 amide bonds. The number of benzene rings is 1. The lowest BCUT2D eigenvalue weighted by molar-refractivity contribution is 0.00696. The summed E-state index contributed by atoms with van der Waals surface area (Å²) in [5, 5.41) is 0. The zero-order valence-corrected chi connectivity index (χ0v) is 12.3. The maximum atomic E-state index is 12.0. The van der Waals surface area contributed by atoms with Crippen LogP contribution in [0.25, 0.3) is 0 Å². The molecular weight excluding hydrogens is 256 g/mol. The summed E-state index contributed by atoms with van der Waals surface area (Å²) >= 11 is 0. The van der Waals surface area contributed by atoms with Gasteiger partial charge in [-0.15, -0.1) is 0 Å². The summed E-state index contributed by atoms with van der Waals surface area (Å²) in [7, 11) is 0. The molecule has 0 atom stereocenters. The van der Waals surface area contributed by atoms with E-state index in [4.69, 9.17) is 15.2 Å². The van der Waals surface area contributed by atoms with Crippen molar-refractivity contribution < 1.29 is 14.3 Å². The van der Waals surface area contributed by atoms with Crippen LogP contribution in [0.1, 0.15) is 31.1 Å². The van der Waals surface area contributed by atoms with E-state index in [1.54, 1.807) is 12.1 Å². The van der Waals surface area contributed by atoms with Gasteiger partial charge in [0.2, 0.25) is 0 Å². The minimum absolute atomic E-state index is 0.349. The second-order valence-electron chi connectivity index (χ2n) is 5.87. The molecule has 0 unspecified atom stereocenters. The molecule has 1 aliphatic rings. The third kappa shape index (κ3) is 3.63. The highest BCUT2D eigenvalue weighted by molar-refractivity contribution is 5.92. The van der Waals surface area contributed by atoms with Gasteiger partial charge in [-0.3, -0.25) is 0 Å². The lowest BCUT2D eigenvalue weighted by Gasteiger charge is -2.30. The van der Waals surface area contributed by atoms with E-state index in [1.165, 1.54) is 0 Å². The van der Waals surface area contributed by atoms with E-state index in [-0.39, 0.29) is 5.97 Å². The Morgan fingerprint density at radius 1 is 1.30 bits per heavy atom. The van der Waals surface area contributed by atoms with Gasteiger partial charge in [-0.2, -0.15) is 0 Å². The van der Waals surface area contributed by atoms with Gasteiger partial charge in [-0.05, 0) is 39.0 Å². The van der Waals surface area contributed by atoms with Crippen LogP contribution in [0.5, 0.6) is 0 Å². The van der Waals surface area contributed by atoms with E-state index < -0.39 is 5.60 Å². The lowest BCUT2D eigenvalue weighted by Crippen LogP contribution is -2.36. The van der Waals surface area contributed by atoms with Crippen LogP contribution in [-0.2, 0) is 9.47 Å². The summed E-state index contributed by atoms with van der Waals surface area (Å²) in [5.41, 5.74) is 7.58. The lowest BCUT2D eigenvalue weighted by atomic mass is 10.1. The first-order valence-electron chi connectivity index (χ1n) is 6.82. The third-order valence-electron chi connectivity index (χ3n) is 3.01. The Bertz CT molecular complexity index is 488. The number of rotatable bonds is 2. The van der Waals surface area contributed by atoms with Gasteiger partial charge >= 0.3 is 5.97 Å². The molecule has 5 heteroatoms. The van der Waals surface area contributed by atoms with Crippen LogP contribution in [0.4, 0.5) is 11.4 Å². The summed E-state index contributed by atoms with van der Waals surface area (Å²) in [6, 6.07) is 5.31. The predicted octanol–water partition coefficient (Wildman–Crippen LogP) is 2.06. The second kappa shape index (κ2) is 5.71. The quantitative estimate of drug-likeness (QED) is 0.662. The fraction of sp³-hybridized carbons (Fsp3) is 0.533. The van der Waals surface area contributed by atoms with Crippen molar-refractivity contribution in [2.24, 2.45) is 0 Å². The third-order valence-corrected chi connectivity index (χ3v) is 3.01. The minimum atomic E-state index is -0.505. The van der Waals surface area contributed by atoms with Crippen LogP contribution < -0.4 is 10.6 Å². The molecule has 2 rings (SSSR count). The predicted molar refractivity (Wildman–Crippen MR) is 79.1 cm³/mol. The Morgan fingerprint density at radius 3 is 2.50 bits per heavy atom. The molecule has 1 saturated heterocycles. The van der Waals surface area contributed by atoms with Crippen molar-refractivity contribution in [1.29, 1.82) is 0 Å². The summed E-state index contributed by atoms with van der Waals surface area (Å²) in [6.07, 6.45) is 0. The number of hydrogen-bond acceptors (Lipinski definition) is 5. The molecule has 1 heterocycles. The average Bonchev–Trinajstić information content (AvgIpc) is 2.37. The van der Waals surface area contributed by atoms with E-state index in [1.807, 2.05) is 26.8 Å². The van der Waals surface area contributed by atoms with Crippen LogP contribution in [-0.4, -0.2) is 37.9 Å². The molecule has 1 aromatic rings. The smallest absolute Gasteiger partial charge is 0.338 e. The molecule has 5 nitrogen and oxygen atoms in total. The number of nitrogens with two attached hydrogens (primary N) is 1. The topological polar surface area (TPSA) is 64.8 Å². The molecule has 1 fully saturated rings. The van der Waals surface area contributed by atoms with Crippen LogP contribution >= 0.6 is 0 Å². The minimum Gasteiger partial charge on any atom is -0.456 e. The number of carbonyl (C=O) groups excluding carboxylic acids is 1. The maximum Gasteiger partial charge on any atom is 0.338 e. The molecule has 0 aromatic heterocycles. The molecule has 2 N–H and O–H groups in total. The van der Waals surface area contributed by atoms with Crippen LogP contribution in [0.2, 0.25) is 0 Å². The normalized spacial score (nSPS) is 16.1. The average molecular weight is 278 g/mol. The van der Waals surface area contributed by atoms with Crippen molar-refractivity contribution in [3.05, 3.63) is 23.8 Å². The molecule has 0 radical (unpaired) electrons. The van der Waals surface area contributed by atoms with Gasteiger partial charge in [-0.25, -0.2) is 4.79 Å². The highest BCUT2D eigenvalue weighted by atomic mass is 16.6. The number of morpholine rings is 1. The van der Waals surface area contributed by atoms with Gasteiger partial charge in [0.25, 0.3) is 0 Å². The zero-order chi connectivity index (χ0) is 14.8. The van der Waals surface area contributed by atoms with Crippen molar-refractivity contribution >= 4 is 17.3 Å². The molecule has 0 saturated carbocycles. The molecule has 110 valence electrons. The van der Waals surface area contributed by atoms with Gasteiger partial charge in [0.1, 0.15) is 5.60 Å². The number of anilines is 2. The SMILES string of the molecule is CC(C)(C)OC(=O)c1ccc(N2CCOCC2)c(N)c1. The summed E-state index contributed by atoms with van der Waals surface area (Å²) in [4.78, 5) is 14.2. The first-order chi connectivity index (χ1) is 9.37. The number of nitrogens with zero attached hydrogens (tertiary/aromatic N) is 1. The van der Waals surface area contributed by atoms with Gasteiger partial charge in [0, 0.05) is 13.1 Å². The van der Waals surface area contributed by atoms with Crippen LogP contribution in [0.3, 0.4) is 0 Å². The van der Waals surface area contributed by atoms with E-state index in [2.05, 4.69) is 4.90 Å². The number of nitrogen functional groups attached to an aromatic ring is 1. The van der Waals surface area contributed by atoms with Gasteiger partial charge in [0.05, 0.1) is 30.2 Å². The molecule has 1 aromatic carbocycles. The number of carbonyl (C=O) groups is 1. The van der Waals surface area contributed by atoms with E-state index >= 15 is 0 Å². The molecule has 0 spiro atoms. The van der Waals surface area contributed by atoms with Gasteiger partial charge < -0.3 is 20.1 Å². The molecule has 20 heavy (non-hydrogen) atoms. The van der Waals surface area contributed by atoms with Crippen molar-refractivity contribution in [1.82, 2.24) is 0 Å². The van der Waals surface area contributed by atoms with Crippen molar-refractivity contribution in [3.8, 4) is 0 Å². The fourth-order valence-electron chi connectivity index (χ4n) is 2.11. The number of ether oxygens (including phenoxy) is 2. The highest BCUT2D eigenvalue weighted by Gasteiger charge is 2.20. The fourth-order valence-corrected chi connectivity index (χ4v) is 2.11. The standard InChI is InChI=1S/C15H22N2O3/c1-15(2,3)20-14(18)11-4-5-13(12(16)10-11)17-6-8-19-9-7-17/h4-5,10H,6-9,16H2,1-3H3. The summed E-state index contributed by atoms with van der Waals surface area (Å²) in [6.45, 7) is 8.57. The Kier molecular flexibility index (Phi) is 4.18. The van der Waals surface area contributed by atoms with Gasteiger partial charge in [0.15, 0.2) is 0 Å². The maximum absolute atomic E-state index is 12.0. The summed E-state index contributed by atoms with van der Waals surface area (Å²) < 4.78 is 10.7. The monoisotopic (exact) mass is 278 g/mol. The number of esters is 1. The van der Waals surface area contributed by atoms with Crippen molar-refractivity contribution in [3.63, 3.8) is 0 Å². The first kappa shape index (κ1) is 14.7. The largest absolute Gasteiger partial charge is 0.456 e. The van der Waals surface area contributed by atoms with Crippen molar-refractivity contribution in [2.45, 2.75) is 26.4 Å². The van der Waals surface area contributed by atoms with Crippen LogP contribution in [0, 0.1) is 0 Å². The first-order valence-corrected chi connectivity index (χ1v) is 6.82. The molecule has 0 bridgehead atoms. The summed E-state index contributed by atoms with van der Waals surface area (Å²) in [5.74, 6) is -0.349. The molecule has 1 aliphatic heterocycles. The Hall–Kier alpha value is -1.75. The van der Waals surface area contributed by atoms with Crippen LogP contribution in [0.15, 0.2) is 18.2 Å².